The molecule has 0 bridgehead atoms. The Kier molecular flexibility index (Phi) is 6.08. The fraction of sp³-hybridized carbons (Fsp3) is 0.467. The van der Waals surface area contributed by atoms with Crippen molar-refractivity contribution < 1.29 is 0 Å². The first-order chi connectivity index (χ1) is 9.81. The summed E-state index contributed by atoms with van der Waals surface area (Å²) in [7, 11) is 0. The van der Waals surface area contributed by atoms with Gasteiger partial charge in [0.05, 0.1) is 11.9 Å². The van der Waals surface area contributed by atoms with E-state index in [4.69, 9.17) is 0 Å². The third-order valence-corrected chi connectivity index (χ3v) is 4.14. The largest absolute Gasteiger partial charge is 0.310 e. The minimum absolute atomic E-state index is 0.519. The van der Waals surface area contributed by atoms with Gasteiger partial charge in [-0.3, -0.25) is 10.1 Å². The lowest BCUT2D eigenvalue weighted by molar-refractivity contribution is 0.538. The normalized spacial score (nSPS) is 12.5. The molecule has 2 rings (SSSR count). The monoisotopic (exact) mass is 290 g/mol. The molecular weight excluding hydrogens is 268 g/mol. The van der Waals surface area contributed by atoms with Crippen molar-refractivity contribution in [2.45, 2.75) is 32.9 Å². The minimum atomic E-state index is 0.519. The topological polar surface area (TPSA) is 53.6 Å². The van der Waals surface area contributed by atoms with Gasteiger partial charge in [0.1, 0.15) is 0 Å². The van der Waals surface area contributed by atoms with Crippen molar-refractivity contribution >= 4 is 11.8 Å². The van der Waals surface area contributed by atoms with Gasteiger partial charge >= 0.3 is 0 Å². The van der Waals surface area contributed by atoms with E-state index >= 15 is 0 Å². The highest BCUT2D eigenvalue weighted by Crippen LogP contribution is 2.19. The van der Waals surface area contributed by atoms with Crippen LogP contribution in [-0.2, 0) is 6.54 Å². The minimum Gasteiger partial charge on any atom is -0.310 e. The highest BCUT2D eigenvalue weighted by atomic mass is 32.2. The van der Waals surface area contributed by atoms with Crippen LogP contribution in [0.25, 0.3) is 11.3 Å². The number of aromatic nitrogens is 3. The number of H-pyrrole nitrogens is 1. The number of aromatic amines is 1. The molecule has 5 heteroatoms. The van der Waals surface area contributed by atoms with Crippen molar-refractivity contribution in [2.75, 3.05) is 11.5 Å². The number of pyridine rings is 1. The first-order valence-corrected chi connectivity index (χ1v) is 8.20. The summed E-state index contributed by atoms with van der Waals surface area (Å²) in [6.07, 6.45) is 6.73. The van der Waals surface area contributed by atoms with Crippen LogP contribution in [0, 0.1) is 0 Å². The number of nitrogens with one attached hydrogen (secondary N) is 2. The first kappa shape index (κ1) is 15.1. The van der Waals surface area contributed by atoms with Crippen molar-refractivity contribution in [1.82, 2.24) is 20.5 Å². The molecule has 0 aromatic carbocycles. The van der Waals surface area contributed by atoms with Crippen molar-refractivity contribution in [1.29, 1.82) is 0 Å². The Morgan fingerprint density at radius 2 is 2.30 bits per heavy atom. The zero-order chi connectivity index (χ0) is 14.2. The number of nitrogens with zero attached hydrogens (tertiary/aromatic N) is 2. The van der Waals surface area contributed by atoms with E-state index in [0.29, 0.717) is 6.04 Å². The van der Waals surface area contributed by atoms with Crippen LogP contribution in [0.3, 0.4) is 0 Å². The Morgan fingerprint density at radius 1 is 1.40 bits per heavy atom. The summed E-state index contributed by atoms with van der Waals surface area (Å²) in [5.41, 5.74) is 3.32. The van der Waals surface area contributed by atoms with E-state index < -0.39 is 0 Å². The van der Waals surface area contributed by atoms with Crippen molar-refractivity contribution in [3.63, 3.8) is 0 Å². The molecule has 0 amide bonds. The van der Waals surface area contributed by atoms with Gasteiger partial charge in [0.2, 0.25) is 0 Å². The Balaban J connectivity index is 1.90. The summed E-state index contributed by atoms with van der Waals surface area (Å²) < 4.78 is 0. The third-order valence-electron chi connectivity index (χ3n) is 3.21. The van der Waals surface area contributed by atoms with Crippen LogP contribution in [0.1, 0.15) is 25.8 Å². The van der Waals surface area contributed by atoms with Crippen LogP contribution in [-0.4, -0.2) is 32.7 Å². The summed E-state index contributed by atoms with van der Waals surface area (Å²) in [5.74, 6) is 2.41. The summed E-state index contributed by atoms with van der Waals surface area (Å²) in [6, 6.07) is 4.51. The molecule has 4 nitrogen and oxygen atoms in total. The van der Waals surface area contributed by atoms with Gasteiger partial charge in [-0.2, -0.15) is 16.9 Å². The zero-order valence-electron chi connectivity index (χ0n) is 12.1. The fourth-order valence-electron chi connectivity index (χ4n) is 2.00. The van der Waals surface area contributed by atoms with Crippen LogP contribution in [0.2, 0.25) is 0 Å². The predicted octanol–water partition coefficient (Wildman–Crippen LogP) is 3.09. The summed E-state index contributed by atoms with van der Waals surface area (Å²) in [6.45, 7) is 5.27. The average Bonchev–Trinajstić information content (AvgIpc) is 2.95. The number of hydrogen-bond donors (Lipinski definition) is 2. The van der Waals surface area contributed by atoms with Gasteiger partial charge in [0, 0.05) is 36.1 Å². The molecule has 0 saturated heterocycles. The van der Waals surface area contributed by atoms with Gasteiger partial charge in [-0.05, 0) is 37.0 Å². The highest BCUT2D eigenvalue weighted by Gasteiger charge is 2.09. The van der Waals surface area contributed by atoms with Crippen LogP contribution in [0.15, 0.2) is 30.7 Å². The molecule has 0 aliphatic carbocycles. The second kappa shape index (κ2) is 8.07. The Bertz CT molecular complexity index is 498. The van der Waals surface area contributed by atoms with Crippen molar-refractivity contribution in [2.24, 2.45) is 0 Å². The maximum Gasteiger partial charge on any atom is 0.0710 e. The van der Waals surface area contributed by atoms with E-state index in [1.807, 2.05) is 36.3 Å². The second-order valence-corrected chi connectivity index (χ2v) is 6.17. The average molecular weight is 290 g/mol. The molecule has 1 atom stereocenters. The lowest BCUT2D eigenvalue weighted by Crippen LogP contribution is -2.26. The van der Waals surface area contributed by atoms with E-state index in [-0.39, 0.29) is 0 Å². The lowest BCUT2D eigenvalue weighted by Gasteiger charge is -2.13. The van der Waals surface area contributed by atoms with E-state index in [1.54, 1.807) is 6.20 Å². The molecule has 0 saturated carbocycles. The lowest BCUT2D eigenvalue weighted by atomic mass is 10.1. The smallest absolute Gasteiger partial charge is 0.0710 e. The van der Waals surface area contributed by atoms with Gasteiger partial charge < -0.3 is 5.32 Å². The first-order valence-electron chi connectivity index (χ1n) is 7.05. The molecule has 2 N–H and O–H groups in total. The maximum atomic E-state index is 4.16. The molecule has 1 unspecified atom stereocenters. The summed E-state index contributed by atoms with van der Waals surface area (Å²) >= 11 is 1.99. The van der Waals surface area contributed by atoms with Gasteiger partial charge in [-0.15, -0.1) is 0 Å². The fourth-order valence-corrected chi connectivity index (χ4v) is 2.81. The highest BCUT2D eigenvalue weighted by molar-refractivity contribution is 7.99. The zero-order valence-corrected chi connectivity index (χ0v) is 12.9. The molecule has 0 aliphatic heterocycles. The standard InChI is InChI=1S/C15H22N4S/c1-3-20-8-6-12(2)17-10-14-11-18-19-15(14)13-5-4-7-16-9-13/h4-5,7,9,11-12,17H,3,6,8,10H2,1-2H3,(H,18,19). The quantitative estimate of drug-likeness (QED) is 0.734. The van der Waals surface area contributed by atoms with Crippen molar-refractivity contribution in [3.8, 4) is 11.3 Å². The molecule has 20 heavy (non-hydrogen) atoms. The molecule has 0 spiro atoms. The molecule has 2 heterocycles. The Morgan fingerprint density at radius 3 is 3.05 bits per heavy atom. The van der Waals surface area contributed by atoms with Crippen LogP contribution in [0.4, 0.5) is 0 Å². The van der Waals surface area contributed by atoms with E-state index in [1.165, 1.54) is 23.5 Å². The molecule has 0 fully saturated rings. The third kappa shape index (κ3) is 4.35. The summed E-state index contributed by atoms with van der Waals surface area (Å²) in [5, 5.41) is 10.8. The maximum absolute atomic E-state index is 4.16. The molecule has 108 valence electrons. The van der Waals surface area contributed by atoms with E-state index in [9.17, 15) is 0 Å². The SMILES string of the molecule is CCSCCC(C)NCc1cn[nH]c1-c1cccnc1. The van der Waals surface area contributed by atoms with E-state index in [2.05, 4.69) is 34.3 Å². The van der Waals surface area contributed by atoms with Gasteiger partial charge in [-0.1, -0.05) is 6.92 Å². The molecular formula is C15H22N4S. The van der Waals surface area contributed by atoms with Gasteiger partial charge in [0.25, 0.3) is 0 Å². The van der Waals surface area contributed by atoms with Gasteiger partial charge in [0.15, 0.2) is 0 Å². The van der Waals surface area contributed by atoms with Gasteiger partial charge in [-0.25, -0.2) is 0 Å². The predicted molar refractivity (Wildman–Crippen MR) is 85.7 cm³/mol. The second-order valence-electron chi connectivity index (χ2n) is 4.78. The van der Waals surface area contributed by atoms with Crippen LogP contribution < -0.4 is 5.32 Å². The number of rotatable bonds is 8. The van der Waals surface area contributed by atoms with Crippen molar-refractivity contribution in [3.05, 3.63) is 36.3 Å². The molecule has 2 aromatic rings. The number of thioether (sulfide) groups is 1. The Labute approximate surface area is 124 Å². The summed E-state index contributed by atoms with van der Waals surface area (Å²) in [4.78, 5) is 4.16. The Hall–Kier alpha value is -1.33. The van der Waals surface area contributed by atoms with Crippen LogP contribution >= 0.6 is 11.8 Å². The molecule has 0 radical (unpaired) electrons. The molecule has 2 aromatic heterocycles. The number of hydrogen-bond acceptors (Lipinski definition) is 4. The van der Waals surface area contributed by atoms with Crippen LogP contribution in [0.5, 0.6) is 0 Å². The molecule has 0 aliphatic rings. The van der Waals surface area contributed by atoms with E-state index in [0.717, 1.165) is 17.8 Å².